The number of hydrogen-bond donors (Lipinski definition) is 3. The number of halogens is 2. The normalized spacial score (nSPS) is 10.2. The summed E-state index contributed by atoms with van der Waals surface area (Å²) in [5.41, 5.74) is 0.0300. The largest absolute Gasteiger partial charge is 0.478 e. The molecule has 0 bridgehead atoms. The average molecular weight is 301 g/mol. The number of amides is 1. The van der Waals surface area contributed by atoms with Crippen LogP contribution in [0.4, 0.5) is 5.69 Å². The van der Waals surface area contributed by atoms with Gasteiger partial charge in [-0.25, -0.2) is 9.78 Å². The van der Waals surface area contributed by atoms with Gasteiger partial charge < -0.3 is 10.4 Å². The van der Waals surface area contributed by atoms with E-state index in [1.807, 2.05) is 0 Å². The van der Waals surface area contributed by atoms with Crippen molar-refractivity contribution < 1.29 is 14.7 Å². The second-order valence-electron chi connectivity index (χ2n) is 3.41. The van der Waals surface area contributed by atoms with Crippen LogP contribution in [0.1, 0.15) is 21.0 Å². The molecule has 0 aliphatic carbocycles. The second kappa shape index (κ2) is 5.25. The molecular formula is C10H6Cl2N4O3. The van der Waals surface area contributed by atoms with Gasteiger partial charge in [0.2, 0.25) is 5.82 Å². The van der Waals surface area contributed by atoms with E-state index in [1.165, 1.54) is 18.5 Å². The van der Waals surface area contributed by atoms with E-state index in [4.69, 9.17) is 28.3 Å². The molecule has 1 heterocycles. The summed E-state index contributed by atoms with van der Waals surface area (Å²) in [6.45, 7) is 0. The molecule has 0 atom stereocenters. The van der Waals surface area contributed by atoms with Gasteiger partial charge in [0, 0.05) is 0 Å². The molecule has 0 radical (unpaired) electrons. The minimum Gasteiger partial charge on any atom is -0.478 e. The summed E-state index contributed by atoms with van der Waals surface area (Å²) in [5, 5.41) is 17.2. The predicted molar refractivity (Wildman–Crippen MR) is 67.8 cm³/mol. The Morgan fingerprint density at radius 2 is 1.89 bits per heavy atom. The highest BCUT2D eigenvalue weighted by Gasteiger charge is 2.16. The molecule has 1 amide bonds. The summed E-state index contributed by atoms with van der Waals surface area (Å²) in [7, 11) is 0. The highest BCUT2D eigenvalue weighted by atomic mass is 35.5. The number of aromatic nitrogens is 3. The molecule has 0 spiro atoms. The Hall–Kier alpha value is -2.12. The number of nitrogens with one attached hydrogen (secondary N) is 2. The van der Waals surface area contributed by atoms with Crippen molar-refractivity contribution in [3.63, 3.8) is 0 Å². The lowest BCUT2D eigenvalue weighted by Crippen LogP contribution is -2.14. The average Bonchev–Trinajstić information content (AvgIpc) is 2.86. The summed E-state index contributed by atoms with van der Waals surface area (Å²) >= 11 is 11.8. The van der Waals surface area contributed by atoms with E-state index in [-0.39, 0.29) is 27.1 Å². The number of carbonyl (C=O) groups is 2. The van der Waals surface area contributed by atoms with Crippen molar-refractivity contribution in [3.05, 3.63) is 39.9 Å². The summed E-state index contributed by atoms with van der Waals surface area (Å²) in [5.74, 6) is -1.78. The molecule has 98 valence electrons. The Labute approximate surface area is 116 Å². The predicted octanol–water partition coefficient (Wildman–Crippen LogP) is 2.06. The molecule has 0 unspecified atom stereocenters. The minimum absolute atomic E-state index is 0.0118. The lowest BCUT2D eigenvalue weighted by atomic mass is 10.2. The monoisotopic (exact) mass is 300 g/mol. The first kappa shape index (κ1) is 13.3. The van der Waals surface area contributed by atoms with E-state index in [1.54, 1.807) is 0 Å². The standard InChI is InChI=1S/C10H6Cl2N4O3/c11-5-1-4(10(18)19)2-6(12)7(5)15-9(17)8-13-3-14-16-8/h1-3H,(H,15,17)(H,18,19)(H,13,14,16). The van der Waals surface area contributed by atoms with E-state index in [0.29, 0.717) is 0 Å². The Morgan fingerprint density at radius 3 is 2.37 bits per heavy atom. The minimum atomic E-state index is -1.17. The van der Waals surface area contributed by atoms with Crippen LogP contribution in [0.3, 0.4) is 0 Å². The molecule has 3 N–H and O–H groups in total. The molecule has 2 rings (SSSR count). The van der Waals surface area contributed by atoms with Crippen molar-refractivity contribution in [2.45, 2.75) is 0 Å². The van der Waals surface area contributed by atoms with Crippen LogP contribution >= 0.6 is 23.2 Å². The van der Waals surface area contributed by atoms with Gasteiger partial charge in [0.25, 0.3) is 5.91 Å². The molecule has 0 aliphatic heterocycles. The molecule has 7 nitrogen and oxygen atoms in total. The van der Waals surface area contributed by atoms with Crippen LogP contribution in [0.15, 0.2) is 18.5 Å². The maximum atomic E-state index is 11.7. The van der Waals surface area contributed by atoms with Crippen molar-refractivity contribution in [1.82, 2.24) is 15.2 Å². The van der Waals surface area contributed by atoms with Gasteiger partial charge in [-0.2, -0.15) is 5.10 Å². The molecule has 0 fully saturated rings. The Morgan fingerprint density at radius 1 is 1.26 bits per heavy atom. The molecule has 0 saturated heterocycles. The molecule has 9 heteroatoms. The number of carboxylic acids is 1. The van der Waals surface area contributed by atoms with Crippen LogP contribution in [-0.4, -0.2) is 32.2 Å². The van der Waals surface area contributed by atoms with Crippen LogP contribution in [0.5, 0.6) is 0 Å². The Bertz CT molecular complexity index is 619. The second-order valence-corrected chi connectivity index (χ2v) is 4.22. The van der Waals surface area contributed by atoms with Crippen LogP contribution in [0, 0.1) is 0 Å². The smallest absolute Gasteiger partial charge is 0.335 e. The van der Waals surface area contributed by atoms with Crippen LogP contribution in [0.25, 0.3) is 0 Å². The molecule has 2 aromatic rings. The molecular weight excluding hydrogens is 295 g/mol. The Balaban J connectivity index is 2.31. The van der Waals surface area contributed by atoms with Crippen molar-refractivity contribution in [2.24, 2.45) is 0 Å². The summed E-state index contributed by atoms with van der Waals surface area (Å²) in [4.78, 5) is 26.2. The summed E-state index contributed by atoms with van der Waals surface area (Å²) in [6, 6.07) is 2.37. The highest BCUT2D eigenvalue weighted by molar-refractivity contribution is 6.40. The van der Waals surface area contributed by atoms with E-state index in [9.17, 15) is 9.59 Å². The molecule has 0 saturated carbocycles. The molecule has 1 aromatic heterocycles. The zero-order chi connectivity index (χ0) is 14.0. The lowest BCUT2D eigenvalue weighted by Gasteiger charge is -2.09. The fourth-order valence-corrected chi connectivity index (χ4v) is 1.89. The van der Waals surface area contributed by atoms with Gasteiger partial charge in [-0.05, 0) is 12.1 Å². The van der Waals surface area contributed by atoms with Crippen molar-refractivity contribution in [1.29, 1.82) is 0 Å². The van der Waals surface area contributed by atoms with Gasteiger partial charge in [0.15, 0.2) is 0 Å². The van der Waals surface area contributed by atoms with E-state index >= 15 is 0 Å². The SMILES string of the molecule is O=C(O)c1cc(Cl)c(NC(=O)c2ncn[nH]2)c(Cl)c1. The van der Waals surface area contributed by atoms with Gasteiger partial charge in [-0.15, -0.1) is 0 Å². The summed E-state index contributed by atoms with van der Waals surface area (Å²) in [6.07, 6.45) is 1.17. The fourth-order valence-electron chi connectivity index (χ4n) is 1.30. The first-order valence-corrected chi connectivity index (χ1v) is 5.63. The van der Waals surface area contributed by atoms with Crippen LogP contribution < -0.4 is 5.32 Å². The highest BCUT2D eigenvalue weighted by Crippen LogP contribution is 2.32. The Kier molecular flexibility index (Phi) is 3.68. The van der Waals surface area contributed by atoms with Gasteiger partial charge in [-0.1, -0.05) is 23.2 Å². The maximum absolute atomic E-state index is 11.7. The van der Waals surface area contributed by atoms with Crippen molar-refractivity contribution >= 4 is 40.8 Å². The van der Waals surface area contributed by atoms with Gasteiger partial charge >= 0.3 is 5.97 Å². The number of H-pyrrole nitrogens is 1. The third-order valence-corrected chi connectivity index (χ3v) is 2.75. The summed E-state index contributed by atoms with van der Waals surface area (Å²) < 4.78 is 0. The fraction of sp³-hybridized carbons (Fsp3) is 0. The number of carboxylic acid groups (broad SMARTS) is 1. The first-order valence-electron chi connectivity index (χ1n) is 4.88. The maximum Gasteiger partial charge on any atom is 0.335 e. The molecule has 1 aromatic carbocycles. The van der Waals surface area contributed by atoms with Crippen LogP contribution in [0.2, 0.25) is 10.0 Å². The third-order valence-electron chi connectivity index (χ3n) is 2.16. The zero-order valence-corrected chi connectivity index (χ0v) is 10.7. The first-order chi connectivity index (χ1) is 8.99. The number of hydrogen-bond acceptors (Lipinski definition) is 4. The van der Waals surface area contributed by atoms with Crippen molar-refractivity contribution in [2.75, 3.05) is 5.32 Å². The number of carbonyl (C=O) groups excluding carboxylic acids is 1. The topological polar surface area (TPSA) is 108 Å². The van der Waals surface area contributed by atoms with Gasteiger partial charge in [0.05, 0.1) is 21.3 Å². The number of anilines is 1. The number of nitrogens with zero attached hydrogens (tertiary/aromatic N) is 2. The van der Waals surface area contributed by atoms with E-state index < -0.39 is 11.9 Å². The number of rotatable bonds is 3. The quantitative estimate of drug-likeness (QED) is 0.804. The molecule has 0 aliphatic rings. The third kappa shape index (κ3) is 2.83. The van der Waals surface area contributed by atoms with Crippen LogP contribution in [-0.2, 0) is 0 Å². The number of aromatic carboxylic acids is 1. The number of benzene rings is 1. The van der Waals surface area contributed by atoms with Gasteiger partial charge in [0.1, 0.15) is 6.33 Å². The van der Waals surface area contributed by atoms with E-state index in [0.717, 1.165) is 0 Å². The van der Waals surface area contributed by atoms with Crippen molar-refractivity contribution in [3.8, 4) is 0 Å². The zero-order valence-electron chi connectivity index (χ0n) is 9.15. The number of aromatic amines is 1. The molecule has 19 heavy (non-hydrogen) atoms. The van der Waals surface area contributed by atoms with Gasteiger partial charge in [-0.3, -0.25) is 9.89 Å². The lowest BCUT2D eigenvalue weighted by molar-refractivity contribution is 0.0696. The van der Waals surface area contributed by atoms with E-state index in [2.05, 4.69) is 20.5 Å².